The highest BCUT2D eigenvalue weighted by molar-refractivity contribution is 5.79. The molecular formula is C19H19N5O5. The average Bonchev–Trinajstić information content (AvgIpc) is 3.45. The Morgan fingerprint density at radius 2 is 1.93 bits per heavy atom. The number of imidazole rings is 2. The van der Waals surface area contributed by atoms with Gasteiger partial charge < -0.3 is 24.8 Å². The van der Waals surface area contributed by atoms with Gasteiger partial charge in [-0.25, -0.2) is 9.97 Å². The van der Waals surface area contributed by atoms with Gasteiger partial charge in [0.2, 0.25) is 11.7 Å². The van der Waals surface area contributed by atoms with Crippen molar-refractivity contribution in [3.05, 3.63) is 54.6 Å². The summed E-state index contributed by atoms with van der Waals surface area (Å²) in [6, 6.07) is 9.68. The van der Waals surface area contributed by atoms with Crippen LogP contribution in [0.5, 0.6) is 5.88 Å². The minimum absolute atomic E-state index is 0.299. The molecule has 1 aliphatic rings. The number of fused-ring (bicyclic) bond motifs is 3. The standard InChI is InChI=1S/C19H19N5O5/c25-8-12-14(26)15(27)18(29-12)24-10-21-13-16(28-9-11-4-2-1-3-5-11)22-19-20-6-7-23(19)17(13)24/h1-7,10,12,14-15,18,25-27H,8-9H2/t12-,14+,15+,18-/m1/s1. The number of hydrogen-bond acceptors (Lipinski definition) is 8. The molecule has 1 fully saturated rings. The lowest BCUT2D eigenvalue weighted by atomic mass is 10.1. The highest BCUT2D eigenvalue weighted by Gasteiger charge is 2.44. The van der Waals surface area contributed by atoms with Crippen LogP contribution >= 0.6 is 0 Å². The molecule has 0 amide bonds. The van der Waals surface area contributed by atoms with Crippen molar-refractivity contribution >= 4 is 16.9 Å². The molecule has 0 aliphatic carbocycles. The highest BCUT2D eigenvalue weighted by Crippen LogP contribution is 2.33. The van der Waals surface area contributed by atoms with Gasteiger partial charge in [-0.05, 0) is 5.56 Å². The lowest BCUT2D eigenvalue weighted by Crippen LogP contribution is -2.33. The first kappa shape index (κ1) is 18.0. The highest BCUT2D eigenvalue weighted by atomic mass is 16.6. The molecule has 3 aromatic heterocycles. The molecule has 1 aromatic carbocycles. The summed E-state index contributed by atoms with van der Waals surface area (Å²) in [5.41, 5.74) is 1.99. The Balaban J connectivity index is 1.58. The van der Waals surface area contributed by atoms with E-state index in [1.54, 1.807) is 21.4 Å². The molecule has 4 aromatic rings. The van der Waals surface area contributed by atoms with Crippen LogP contribution in [0.4, 0.5) is 0 Å². The van der Waals surface area contributed by atoms with E-state index < -0.39 is 31.1 Å². The van der Waals surface area contributed by atoms with Crippen molar-refractivity contribution in [2.24, 2.45) is 0 Å². The third kappa shape index (κ3) is 2.93. The molecule has 29 heavy (non-hydrogen) atoms. The SMILES string of the molecule is OC[C@H]1O[C@@H](n2cnc3c(OCc4ccccc4)nc4nccn4c32)[C@@H](O)[C@H]1O. The monoisotopic (exact) mass is 397 g/mol. The smallest absolute Gasteiger partial charge is 0.247 e. The second-order valence-corrected chi connectivity index (χ2v) is 6.84. The van der Waals surface area contributed by atoms with E-state index in [4.69, 9.17) is 9.47 Å². The van der Waals surface area contributed by atoms with Crippen molar-refractivity contribution in [1.29, 1.82) is 0 Å². The van der Waals surface area contributed by atoms with Gasteiger partial charge in [-0.15, -0.1) is 0 Å². The van der Waals surface area contributed by atoms with Crippen LogP contribution in [0.2, 0.25) is 0 Å². The molecule has 5 rings (SSSR count). The number of ether oxygens (including phenoxy) is 2. The molecule has 3 N–H and O–H groups in total. The van der Waals surface area contributed by atoms with Crippen LogP contribution in [0.25, 0.3) is 16.9 Å². The molecule has 1 aliphatic heterocycles. The van der Waals surface area contributed by atoms with E-state index in [1.165, 1.54) is 6.33 Å². The van der Waals surface area contributed by atoms with Gasteiger partial charge in [-0.1, -0.05) is 30.3 Å². The van der Waals surface area contributed by atoms with Crippen molar-refractivity contribution in [2.45, 2.75) is 31.1 Å². The second-order valence-electron chi connectivity index (χ2n) is 6.84. The first-order valence-corrected chi connectivity index (χ1v) is 9.16. The van der Waals surface area contributed by atoms with Crippen molar-refractivity contribution < 1.29 is 24.8 Å². The van der Waals surface area contributed by atoms with Gasteiger partial charge in [0.25, 0.3) is 0 Å². The van der Waals surface area contributed by atoms with Gasteiger partial charge in [-0.3, -0.25) is 8.97 Å². The quantitative estimate of drug-likeness (QED) is 0.438. The van der Waals surface area contributed by atoms with Crippen molar-refractivity contribution in [3.63, 3.8) is 0 Å². The Hall–Kier alpha value is -3.05. The molecule has 10 nitrogen and oxygen atoms in total. The predicted octanol–water partition coefficient (Wildman–Crippen LogP) is 0.269. The second kappa shape index (κ2) is 7.08. The predicted molar refractivity (Wildman–Crippen MR) is 100 cm³/mol. The van der Waals surface area contributed by atoms with Gasteiger partial charge >= 0.3 is 0 Å². The van der Waals surface area contributed by atoms with Gasteiger partial charge in [0.1, 0.15) is 24.9 Å². The summed E-state index contributed by atoms with van der Waals surface area (Å²) in [5.74, 6) is 0.696. The molecule has 0 spiro atoms. The number of aromatic nitrogens is 5. The fraction of sp³-hybridized carbons (Fsp3) is 0.316. The molecular weight excluding hydrogens is 378 g/mol. The Kier molecular flexibility index (Phi) is 4.40. The maximum absolute atomic E-state index is 10.4. The fourth-order valence-electron chi connectivity index (χ4n) is 3.55. The minimum atomic E-state index is -1.23. The fourth-order valence-corrected chi connectivity index (χ4v) is 3.55. The molecule has 4 heterocycles. The number of rotatable bonds is 5. The van der Waals surface area contributed by atoms with Crippen LogP contribution < -0.4 is 4.74 Å². The van der Waals surface area contributed by atoms with E-state index in [-0.39, 0.29) is 0 Å². The van der Waals surface area contributed by atoms with Gasteiger partial charge in [-0.2, -0.15) is 4.98 Å². The van der Waals surface area contributed by atoms with Crippen LogP contribution in [0, 0.1) is 0 Å². The number of aliphatic hydroxyl groups is 3. The summed E-state index contributed by atoms with van der Waals surface area (Å²) >= 11 is 0. The maximum Gasteiger partial charge on any atom is 0.247 e. The zero-order valence-corrected chi connectivity index (χ0v) is 15.2. The molecule has 0 radical (unpaired) electrons. The summed E-state index contributed by atoms with van der Waals surface area (Å²) in [6.07, 6.45) is 0.536. The molecule has 1 saturated heterocycles. The summed E-state index contributed by atoms with van der Waals surface area (Å²) < 4.78 is 14.9. The first-order valence-electron chi connectivity index (χ1n) is 9.16. The Bertz CT molecular complexity index is 1140. The molecule has 0 bridgehead atoms. The molecule has 0 unspecified atom stereocenters. The van der Waals surface area contributed by atoms with E-state index in [0.29, 0.717) is 29.4 Å². The minimum Gasteiger partial charge on any atom is -0.471 e. The normalized spacial score (nSPS) is 24.5. The van der Waals surface area contributed by atoms with Crippen LogP contribution in [0.3, 0.4) is 0 Å². The van der Waals surface area contributed by atoms with E-state index in [0.717, 1.165) is 5.56 Å². The van der Waals surface area contributed by atoms with Crippen LogP contribution in [0.1, 0.15) is 11.8 Å². The number of nitrogens with zero attached hydrogens (tertiary/aromatic N) is 5. The molecule has 10 heteroatoms. The van der Waals surface area contributed by atoms with Crippen LogP contribution in [-0.4, -0.2) is 64.2 Å². The molecule has 0 saturated carbocycles. The third-order valence-corrected chi connectivity index (χ3v) is 5.03. The van der Waals surface area contributed by atoms with Gasteiger partial charge in [0.05, 0.1) is 12.9 Å². The Labute approximate surface area is 164 Å². The Morgan fingerprint density at radius 3 is 2.69 bits per heavy atom. The van der Waals surface area contributed by atoms with E-state index in [9.17, 15) is 15.3 Å². The topological polar surface area (TPSA) is 127 Å². The van der Waals surface area contributed by atoms with E-state index in [2.05, 4.69) is 15.0 Å². The van der Waals surface area contributed by atoms with Crippen molar-refractivity contribution in [3.8, 4) is 5.88 Å². The summed E-state index contributed by atoms with van der Waals surface area (Å²) in [5, 5.41) is 29.9. The molecule has 150 valence electrons. The number of aliphatic hydroxyl groups excluding tert-OH is 3. The number of hydrogen-bond donors (Lipinski definition) is 3. The first-order chi connectivity index (χ1) is 14.2. The third-order valence-electron chi connectivity index (χ3n) is 5.03. The lowest BCUT2D eigenvalue weighted by Gasteiger charge is -2.17. The summed E-state index contributed by atoms with van der Waals surface area (Å²) in [4.78, 5) is 13.1. The summed E-state index contributed by atoms with van der Waals surface area (Å²) in [7, 11) is 0. The zero-order valence-electron chi connectivity index (χ0n) is 15.2. The molecule has 4 atom stereocenters. The zero-order chi connectivity index (χ0) is 20.0. The maximum atomic E-state index is 10.4. The van der Waals surface area contributed by atoms with Gasteiger partial charge in [0.15, 0.2) is 17.4 Å². The summed E-state index contributed by atoms with van der Waals surface area (Å²) in [6.45, 7) is -0.102. The average molecular weight is 397 g/mol. The van der Waals surface area contributed by atoms with E-state index >= 15 is 0 Å². The van der Waals surface area contributed by atoms with Gasteiger partial charge in [0, 0.05) is 12.4 Å². The Morgan fingerprint density at radius 1 is 1.10 bits per heavy atom. The van der Waals surface area contributed by atoms with E-state index in [1.807, 2.05) is 30.3 Å². The van der Waals surface area contributed by atoms with Crippen molar-refractivity contribution in [1.82, 2.24) is 23.9 Å². The van der Waals surface area contributed by atoms with Crippen LogP contribution in [-0.2, 0) is 11.3 Å². The van der Waals surface area contributed by atoms with Crippen LogP contribution in [0.15, 0.2) is 49.1 Å². The van der Waals surface area contributed by atoms with Crippen molar-refractivity contribution in [2.75, 3.05) is 6.61 Å². The lowest BCUT2D eigenvalue weighted by molar-refractivity contribution is -0.0511. The largest absolute Gasteiger partial charge is 0.471 e. The number of benzene rings is 1.